The van der Waals surface area contributed by atoms with Gasteiger partial charge in [-0.25, -0.2) is 0 Å². The first-order valence-electron chi connectivity index (χ1n) is 7.17. The van der Waals surface area contributed by atoms with E-state index in [-0.39, 0.29) is 18.4 Å². The highest BCUT2D eigenvalue weighted by Crippen LogP contribution is 2.29. The standard InChI is InChI=1S/C17H15ClN2O3/c1-11(23-13-8-6-12(18)7-9-13)17(22)20-10-16(21)19-14-4-2-3-5-15(14)20/h2-9,11H,10H2,1H3,(H,19,21)/t11-/m0/s1. The molecule has 23 heavy (non-hydrogen) atoms. The summed E-state index contributed by atoms with van der Waals surface area (Å²) in [4.78, 5) is 25.9. The number of anilines is 2. The highest BCUT2D eigenvalue weighted by molar-refractivity contribution is 6.30. The lowest BCUT2D eigenvalue weighted by Crippen LogP contribution is -2.47. The van der Waals surface area contributed by atoms with Crippen molar-refractivity contribution in [1.82, 2.24) is 0 Å². The number of carbonyl (C=O) groups is 2. The van der Waals surface area contributed by atoms with Gasteiger partial charge in [-0.3, -0.25) is 14.5 Å². The third-order valence-electron chi connectivity index (χ3n) is 3.51. The molecule has 0 bridgehead atoms. The van der Waals surface area contributed by atoms with Crippen LogP contribution in [0.1, 0.15) is 6.92 Å². The number of amides is 2. The summed E-state index contributed by atoms with van der Waals surface area (Å²) in [5.41, 5.74) is 1.29. The molecule has 0 saturated carbocycles. The van der Waals surface area contributed by atoms with E-state index in [1.165, 1.54) is 4.90 Å². The fraction of sp³-hybridized carbons (Fsp3) is 0.176. The van der Waals surface area contributed by atoms with Crippen LogP contribution in [0.5, 0.6) is 5.75 Å². The maximum atomic E-state index is 12.7. The van der Waals surface area contributed by atoms with E-state index < -0.39 is 6.10 Å². The van der Waals surface area contributed by atoms with Gasteiger partial charge < -0.3 is 10.1 Å². The fourth-order valence-electron chi connectivity index (χ4n) is 2.42. The zero-order valence-electron chi connectivity index (χ0n) is 12.5. The van der Waals surface area contributed by atoms with Crippen molar-refractivity contribution >= 4 is 34.8 Å². The predicted octanol–water partition coefficient (Wildman–Crippen LogP) is 3.09. The first-order valence-corrected chi connectivity index (χ1v) is 7.55. The second-order valence-corrected chi connectivity index (χ2v) is 5.64. The molecular weight excluding hydrogens is 316 g/mol. The van der Waals surface area contributed by atoms with Crippen LogP contribution in [0.4, 0.5) is 11.4 Å². The second-order valence-electron chi connectivity index (χ2n) is 5.20. The number of fused-ring (bicyclic) bond motifs is 1. The molecule has 0 saturated heterocycles. The quantitative estimate of drug-likeness (QED) is 0.940. The number of hydrogen-bond acceptors (Lipinski definition) is 3. The number of nitrogens with zero attached hydrogens (tertiary/aromatic N) is 1. The first kappa shape index (κ1) is 15.4. The fourth-order valence-corrected chi connectivity index (χ4v) is 2.54. The number of halogens is 1. The molecule has 0 fully saturated rings. The maximum Gasteiger partial charge on any atom is 0.268 e. The Bertz CT molecular complexity index is 746. The number of carbonyl (C=O) groups excluding carboxylic acids is 2. The molecular formula is C17H15ClN2O3. The van der Waals surface area contributed by atoms with Crippen LogP contribution in [0.3, 0.4) is 0 Å². The summed E-state index contributed by atoms with van der Waals surface area (Å²) >= 11 is 5.83. The Morgan fingerprint density at radius 3 is 2.65 bits per heavy atom. The van der Waals surface area contributed by atoms with Crippen LogP contribution in [0.25, 0.3) is 0 Å². The minimum absolute atomic E-state index is 0.0236. The molecule has 0 unspecified atom stereocenters. The van der Waals surface area contributed by atoms with Gasteiger partial charge in [-0.1, -0.05) is 23.7 Å². The summed E-state index contributed by atoms with van der Waals surface area (Å²) in [5.74, 6) is 0.0444. The summed E-state index contributed by atoms with van der Waals surface area (Å²) in [6, 6.07) is 14.0. The highest BCUT2D eigenvalue weighted by Gasteiger charge is 2.30. The summed E-state index contributed by atoms with van der Waals surface area (Å²) in [7, 11) is 0. The molecule has 2 amide bonds. The molecule has 3 rings (SSSR count). The molecule has 2 aromatic carbocycles. The Kier molecular flexibility index (Phi) is 4.21. The summed E-state index contributed by atoms with van der Waals surface area (Å²) in [6.07, 6.45) is -0.727. The Morgan fingerprint density at radius 2 is 1.91 bits per heavy atom. The van der Waals surface area contributed by atoms with Gasteiger partial charge in [0, 0.05) is 5.02 Å². The smallest absolute Gasteiger partial charge is 0.268 e. The van der Waals surface area contributed by atoms with Crippen LogP contribution in [-0.4, -0.2) is 24.5 Å². The number of hydrogen-bond donors (Lipinski definition) is 1. The van der Waals surface area contributed by atoms with Crippen LogP contribution in [0.2, 0.25) is 5.02 Å². The lowest BCUT2D eigenvalue weighted by Gasteiger charge is -2.31. The van der Waals surface area contributed by atoms with Crippen LogP contribution >= 0.6 is 11.6 Å². The van der Waals surface area contributed by atoms with E-state index in [9.17, 15) is 9.59 Å². The minimum Gasteiger partial charge on any atom is -0.481 e. The number of para-hydroxylation sites is 2. The average Bonchev–Trinajstić information content (AvgIpc) is 2.55. The lowest BCUT2D eigenvalue weighted by molar-refractivity contribution is -0.126. The average molecular weight is 331 g/mol. The van der Waals surface area contributed by atoms with E-state index in [1.54, 1.807) is 49.4 Å². The molecule has 5 nitrogen and oxygen atoms in total. The molecule has 0 aromatic heterocycles. The maximum absolute atomic E-state index is 12.7. The zero-order chi connectivity index (χ0) is 16.4. The Balaban J connectivity index is 1.79. The van der Waals surface area contributed by atoms with Crippen molar-refractivity contribution in [3.63, 3.8) is 0 Å². The third-order valence-corrected chi connectivity index (χ3v) is 3.76. The molecule has 1 atom stereocenters. The lowest BCUT2D eigenvalue weighted by atomic mass is 10.1. The number of ether oxygens (including phenoxy) is 1. The van der Waals surface area contributed by atoms with Gasteiger partial charge >= 0.3 is 0 Å². The Hall–Kier alpha value is -2.53. The van der Waals surface area contributed by atoms with Gasteiger partial charge in [0.2, 0.25) is 5.91 Å². The van der Waals surface area contributed by atoms with Crippen molar-refractivity contribution < 1.29 is 14.3 Å². The highest BCUT2D eigenvalue weighted by atomic mass is 35.5. The number of nitrogens with one attached hydrogen (secondary N) is 1. The van der Waals surface area contributed by atoms with E-state index in [0.717, 1.165) is 0 Å². The van der Waals surface area contributed by atoms with Crippen molar-refractivity contribution in [1.29, 1.82) is 0 Å². The van der Waals surface area contributed by atoms with Crippen molar-refractivity contribution in [2.75, 3.05) is 16.8 Å². The van der Waals surface area contributed by atoms with Crippen LogP contribution in [0.15, 0.2) is 48.5 Å². The largest absolute Gasteiger partial charge is 0.481 e. The first-order chi connectivity index (χ1) is 11.0. The van der Waals surface area contributed by atoms with Crippen molar-refractivity contribution in [2.45, 2.75) is 13.0 Å². The van der Waals surface area contributed by atoms with Gasteiger partial charge in [-0.05, 0) is 43.3 Å². The topological polar surface area (TPSA) is 58.6 Å². The normalized spacial score (nSPS) is 14.7. The Labute approximate surface area is 138 Å². The van der Waals surface area contributed by atoms with Gasteiger partial charge in [-0.2, -0.15) is 0 Å². The molecule has 1 heterocycles. The van der Waals surface area contributed by atoms with E-state index in [0.29, 0.717) is 22.1 Å². The molecule has 2 aromatic rings. The van der Waals surface area contributed by atoms with Gasteiger partial charge in [0.15, 0.2) is 6.10 Å². The monoisotopic (exact) mass is 330 g/mol. The van der Waals surface area contributed by atoms with Gasteiger partial charge in [0.1, 0.15) is 12.3 Å². The van der Waals surface area contributed by atoms with E-state index in [4.69, 9.17) is 16.3 Å². The molecule has 0 aliphatic carbocycles. The van der Waals surface area contributed by atoms with E-state index in [2.05, 4.69) is 5.32 Å². The van der Waals surface area contributed by atoms with Crippen LogP contribution < -0.4 is 15.0 Å². The number of benzene rings is 2. The van der Waals surface area contributed by atoms with Crippen molar-refractivity contribution in [2.24, 2.45) is 0 Å². The Morgan fingerprint density at radius 1 is 1.22 bits per heavy atom. The van der Waals surface area contributed by atoms with Crippen molar-refractivity contribution in [3.8, 4) is 5.75 Å². The molecule has 1 N–H and O–H groups in total. The molecule has 0 radical (unpaired) electrons. The van der Waals surface area contributed by atoms with Gasteiger partial charge in [-0.15, -0.1) is 0 Å². The molecule has 6 heteroatoms. The van der Waals surface area contributed by atoms with Crippen LogP contribution in [0, 0.1) is 0 Å². The summed E-state index contributed by atoms with van der Waals surface area (Å²) < 4.78 is 5.65. The van der Waals surface area contributed by atoms with E-state index >= 15 is 0 Å². The summed E-state index contributed by atoms with van der Waals surface area (Å²) in [5, 5.41) is 3.35. The minimum atomic E-state index is -0.727. The number of rotatable bonds is 3. The predicted molar refractivity (Wildman–Crippen MR) is 89.0 cm³/mol. The second kappa shape index (κ2) is 6.30. The van der Waals surface area contributed by atoms with Crippen molar-refractivity contribution in [3.05, 3.63) is 53.6 Å². The molecule has 1 aliphatic heterocycles. The van der Waals surface area contributed by atoms with Crippen LogP contribution in [-0.2, 0) is 9.59 Å². The molecule has 118 valence electrons. The van der Waals surface area contributed by atoms with Gasteiger partial charge in [0.05, 0.1) is 11.4 Å². The SMILES string of the molecule is C[C@H](Oc1ccc(Cl)cc1)C(=O)N1CC(=O)Nc2ccccc21. The van der Waals surface area contributed by atoms with E-state index in [1.807, 2.05) is 6.07 Å². The van der Waals surface area contributed by atoms with Gasteiger partial charge in [0.25, 0.3) is 5.91 Å². The third kappa shape index (κ3) is 3.29. The molecule has 1 aliphatic rings. The molecule has 0 spiro atoms. The zero-order valence-corrected chi connectivity index (χ0v) is 13.2. The summed E-state index contributed by atoms with van der Waals surface area (Å²) in [6.45, 7) is 1.64.